The van der Waals surface area contributed by atoms with Crippen molar-refractivity contribution >= 4 is 10.9 Å². The van der Waals surface area contributed by atoms with E-state index in [9.17, 15) is 0 Å². The van der Waals surface area contributed by atoms with Crippen molar-refractivity contribution in [2.75, 3.05) is 6.54 Å². The van der Waals surface area contributed by atoms with Gasteiger partial charge in [0, 0.05) is 36.2 Å². The van der Waals surface area contributed by atoms with Gasteiger partial charge in [0.1, 0.15) is 0 Å². The number of rotatable bonds is 4. The van der Waals surface area contributed by atoms with Crippen molar-refractivity contribution in [1.29, 1.82) is 5.26 Å². The molecule has 0 unspecified atom stereocenters. The number of aromatic nitrogens is 1. The maximum absolute atomic E-state index is 9.14. The number of hydrogen-bond donors (Lipinski definition) is 1. The van der Waals surface area contributed by atoms with Crippen LogP contribution < -0.4 is 5.32 Å². The molecule has 0 radical (unpaired) electrons. The van der Waals surface area contributed by atoms with Crippen molar-refractivity contribution in [3.63, 3.8) is 0 Å². The predicted molar refractivity (Wildman–Crippen MR) is 86.1 cm³/mol. The number of fused-ring (bicyclic) bond motifs is 1. The molecule has 3 nitrogen and oxygen atoms in total. The number of nitrogens with zero attached hydrogens (tertiary/aromatic N) is 2. The van der Waals surface area contributed by atoms with Gasteiger partial charge in [-0.15, -0.1) is 0 Å². The molecular weight excluding hydrogens is 258 g/mol. The Hall–Kier alpha value is -1.79. The Morgan fingerprint density at radius 1 is 1.24 bits per heavy atom. The van der Waals surface area contributed by atoms with Crippen LogP contribution in [-0.2, 0) is 6.54 Å². The van der Waals surface area contributed by atoms with Crippen LogP contribution in [-0.4, -0.2) is 17.2 Å². The molecule has 0 bridgehead atoms. The summed E-state index contributed by atoms with van der Waals surface area (Å²) in [5.74, 6) is 0.904. The molecule has 2 aromatic rings. The van der Waals surface area contributed by atoms with Gasteiger partial charge in [0.2, 0.25) is 0 Å². The van der Waals surface area contributed by atoms with Crippen LogP contribution in [0, 0.1) is 17.2 Å². The third-order valence-corrected chi connectivity index (χ3v) is 4.74. The summed E-state index contributed by atoms with van der Waals surface area (Å²) >= 11 is 0. The summed E-state index contributed by atoms with van der Waals surface area (Å²) in [5.41, 5.74) is 1.92. The molecule has 1 saturated carbocycles. The van der Waals surface area contributed by atoms with Crippen LogP contribution in [0.1, 0.15) is 38.2 Å². The first-order valence-corrected chi connectivity index (χ1v) is 7.99. The molecule has 1 N–H and O–H groups in total. The highest BCUT2D eigenvalue weighted by atomic mass is 15.0. The lowest BCUT2D eigenvalue weighted by Crippen LogP contribution is -2.34. The van der Waals surface area contributed by atoms with Crippen molar-refractivity contribution < 1.29 is 0 Å². The van der Waals surface area contributed by atoms with Crippen LogP contribution in [0.5, 0.6) is 0 Å². The number of benzene rings is 1. The first-order valence-electron chi connectivity index (χ1n) is 7.99. The molecule has 0 saturated heterocycles. The topological polar surface area (TPSA) is 40.8 Å². The molecule has 1 fully saturated rings. The Bertz CT molecular complexity index is 642. The fourth-order valence-electron chi connectivity index (χ4n) is 3.37. The summed E-state index contributed by atoms with van der Waals surface area (Å²) in [4.78, 5) is 0. The summed E-state index contributed by atoms with van der Waals surface area (Å²) < 4.78 is 2.24. The van der Waals surface area contributed by atoms with E-state index in [-0.39, 0.29) is 0 Å². The molecule has 0 aliphatic heterocycles. The second-order valence-corrected chi connectivity index (χ2v) is 6.27. The summed E-state index contributed by atoms with van der Waals surface area (Å²) in [7, 11) is 0. The van der Waals surface area contributed by atoms with Crippen molar-refractivity contribution in [2.24, 2.45) is 5.92 Å². The average molecular weight is 281 g/mol. The minimum atomic E-state index is 0.692. The fraction of sp³-hybridized carbons (Fsp3) is 0.500. The maximum atomic E-state index is 9.14. The molecule has 0 amide bonds. The summed E-state index contributed by atoms with van der Waals surface area (Å²) in [6.07, 6.45) is 7.43. The van der Waals surface area contributed by atoms with E-state index in [1.165, 1.54) is 25.7 Å². The zero-order chi connectivity index (χ0) is 14.7. The molecule has 0 atom stereocenters. The predicted octanol–water partition coefficient (Wildman–Crippen LogP) is 3.68. The van der Waals surface area contributed by atoms with E-state index in [1.54, 1.807) is 0 Å². The fourth-order valence-corrected chi connectivity index (χ4v) is 3.37. The van der Waals surface area contributed by atoms with E-state index in [4.69, 9.17) is 5.26 Å². The van der Waals surface area contributed by atoms with Gasteiger partial charge < -0.3 is 9.88 Å². The lowest BCUT2D eigenvalue weighted by Gasteiger charge is -2.27. The van der Waals surface area contributed by atoms with Gasteiger partial charge in [-0.05, 0) is 49.8 Å². The molecule has 110 valence electrons. The average Bonchev–Trinajstić information content (AvgIpc) is 2.92. The van der Waals surface area contributed by atoms with Crippen molar-refractivity contribution in [1.82, 2.24) is 9.88 Å². The minimum absolute atomic E-state index is 0.692. The Balaban J connectivity index is 1.60. The summed E-state index contributed by atoms with van der Waals surface area (Å²) in [6, 6.07) is 11.0. The molecule has 1 aromatic heterocycles. The minimum Gasteiger partial charge on any atom is -0.346 e. The van der Waals surface area contributed by atoms with Crippen LogP contribution in [0.4, 0.5) is 0 Å². The lowest BCUT2D eigenvalue weighted by atomic mass is 9.87. The highest BCUT2D eigenvalue weighted by Gasteiger charge is 2.17. The molecule has 1 aliphatic rings. The third kappa shape index (κ3) is 3.11. The molecule has 3 rings (SSSR count). The first kappa shape index (κ1) is 14.2. The van der Waals surface area contributed by atoms with Gasteiger partial charge in [0.25, 0.3) is 0 Å². The normalized spacial score (nSPS) is 22.3. The Labute approximate surface area is 126 Å². The monoisotopic (exact) mass is 281 g/mol. The Morgan fingerprint density at radius 2 is 2.05 bits per heavy atom. The second kappa shape index (κ2) is 6.32. The molecular formula is C18H23N3. The zero-order valence-electron chi connectivity index (χ0n) is 12.7. The largest absolute Gasteiger partial charge is 0.346 e. The van der Waals surface area contributed by atoms with E-state index in [0.29, 0.717) is 6.04 Å². The molecule has 1 heterocycles. The van der Waals surface area contributed by atoms with Crippen LogP contribution in [0.3, 0.4) is 0 Å². The van der Waals surface area contributed by atoms with E-state index in [1.807, 2.05) is 12.1 Å². The Morgan fingerprint density at radius 3 is 2.81 bits per heavy atom. The van der Waals surface area contributed by atoms with Crippen molar-refractivity contribution in [2.45, 2.75) is 45.2 Å². The van der Waals surface area contributed by atoms with Crippen molar-refractivity contribution in [3.05, 3.63) is 36.0 Å². The number of hydrogen-bond acceptors (Lipinski definition) is 2. The molecule has 0 spiro atoms. The van der Waals surface area contributed by atoms with Crippen LogP contribution >= 0.6 is 0 Å². The highest BCUT2D eigenvalue weighted by molar-refractivity contribution is 5.85. The van der Waals surface area contributed by atoms with Gasteiger partial charge in [0.05, 0.1) is 11.6 Å². The first-order chi connectivity index (χ1) is 10.3. The Kier molecular flexibility index (Phi) is 4.26. The van der Waals surface area contributed by atoms with Gasteiger partial charge in [-0.25, -0.2) is 0 Å². The standard InChI is InChI=1S/C18H23N3/c1-14-5-7-16(8-6-14)20-10-12-21-11-9-17-15(13-19)3-2-4-18(17)21/h2-4,9,11,14,16,20H,5-8,10,12H2,1H3. The number of nitrogens with one attached hydrogen (secondary N) is 1. The lowest BCUT2D eigenvalue weighted by molar-refractivity contribution is 0.305. The SMILES string of the molecule is CC1CCC(NCCn2ccc3c(C#N)cccc32)CC1. The van der Waals surface area contributed by atoms with E-state index < -0.39 is 0 Å². The summed E-state index contributed by atoms with van der Waals surface area (Å²) in [5, 5.41) is 13.9. The van der Waals surface area contributed by atoms with Gasteiger partial charge in [-0.1, -0.05) is 13.0 Å². The third-order valence-electron chi connectivity index (χ3n) is 4.74. The molecule has 21 heavy (non-hydrogen) atoms. The van der Waals surface area contributed by atoms with Crippen molar-refractivity contribution in [3.8, 4) is 6.07 Å². The zero-order valence-corrected chi connectivity index (χ0v) is 12.7. The molecule has 3 heteroatoms. The quantitative estimate of drug-likeness (QED) is 0.928. The van der Waals surface area contributed by atoms with E-state index >= 15 is 0 Å². The van der Waals surface area contributed by atoms with Gasteiger partial charge in [0.15, 0.2) is 0 Å². The highest BCUT2D eigenvalue weighted by Crippen LogP contribution is 2.23. The van der Waals surface area contributed by atoms with E-state index in [2.05, 4.69) is 41.2 Å². The molecule has 1 aliphatic carbocycles. The van der Waals surface area contributed by atoms with Gasteiger partial charge in [-0.2, -0.15) is 5.26 Å². The smallest absolute Gasteiger partial charge is 0.0998 e. The van der Waals surface area contributed by atoms with Crippen LogP contribution in [0.15, 0.2) is 30.5 Å². The van der Waals surface area contributed by atoms with Crippen LogP contribution in [0.25, 0.3) is 10.9 Å². The van der Waals surface area contributed by atoms with Gasteiger partial charge in [-0.3, -0.25) is 0 Å². The molecule has 1 aromatic carbocycles. The second-order valence-electron chi connectivity index (χ2n) is 6.27. The van der Waals surface area contributed by atoms with E-state index in [0.717, 1.165) is 35.5 Å². The van der Waals surface area contributed by atoms with Gasteiger partial charge >= 0.3 is 0 Å². The maximum Gasteiger partial charge on any atom is 0.0998 e. The summed E-state index contributed by atoms with van der Waals surface area (Å²) in [6.45, 7) is 4.32. The van der Waals surface area contributed by atoms with Crippen LogP contribution in [0.2, 0.25) is 0 Å². The number of nitriles is 1.